The first-order valence-corrected chi connectivity index (χ1v) is 11.8. The number of aliphatic imine (C=N–C) groups is 1. The molecule has 3 aromatic carbocycles. The number of amides is 1. The van der Waals surface area contributed by atoms with Crippen molar-refractivity contribution in [3.8, 4) is 11.5 Å². The Balaban J connectivity index is 1.47. The number of halogens is 1. The summed E-state index contributed by atoms with van der Waals surface area (Å²) < 4.78 is 12.6. The molecule has 0 spiro atoms. The van der Waals surface area contributed by atoms with Gasteiger partial charge < -0.3 is 14.8 Å². The van der Waals surface area contributed by atoms with Crippen LogP contribution in [0.3, 0.4) is 0 Å². The van der Waals surface area contributed by atoms with E-state index in [-0.39, 0.29) is 5.91 Å². The average Bonchev–Trinajstić information content (AvgIpc) is 3.13. The van der Waals surface area contributed by atoms with Gasteiger partial charge in [0, 0.05) is 3.57 Å². The average molecular weight is 556 g/mol. The van der Waals surface area contributed by atoms with Gasteiger partial charge in [0.05, 0.1) is 17.7 Å². The number of benzene rings is 3. The molecule has 4 rings (SSSR count). The van der Waals surface area contributed by atoms with Crippen molar-refractivity contribution in [1.82, 2.24) is 5.32 Å². The number of carbonyl (C=O) groups is 1. The summed E-state index contributed by atoms with van der Waals surface area (Å²) in [5, 5.41) is 3.38. The number of rotatable bonds is 6. The molecular formula is C25H21IN2O3S. The highest BCUT2D eigenvalue weighted by Crippen LogP contribution is 2.32. The van der Waals surface area contributed by atoms with Gasteiger partial charge in [-0.1, -0.05) is 35.9 Å². The minimum atomic E-state index is -0.168. The smallest absolute Gasteiger partial charge is 0.264 e. The van der Waals surface area contributed by atoms with Gasteiger partial charge in [-0.25, -0.2) is 4.99 Å². The van der Waals surface area contributed by atoms with Crippen molar-refractivity contribution in [3.63, 3.8) is 0 Å². The fraction of sp³-hybridized carbons (Fsp3) is 0.120. The van der Waals surface area contributed by atoms with Crippen LogP contribution in [0.5, 0.6) is 11.5 Å². The van der Waals surface area contributed by atoms with Crippen molar-refractivity contribution in [1.29, 1.82) is 0 Å². The number of nitrogens with zero attached hydrogens (tertiary/aromatic N) is 1. The first-order chi connectivity index (χ1) is 15.5. The number of ether oxygens (including phenoxy) is 2. The molecule has 0 saturated carbocycles. The molecule has 0 unspecified atom stereocenters. The lowest BCUT2D eigenvalue weighted by Crippen LogP contribution is -2.19. The fourth-order valence-electron chi connectivity index (χ4n) is 3.00. The van der Waals surface area contributed by atoms with Crippen LogP contribution in [0.15, 0.2) is 76.6 Å². The lowest BCUT2D eigenvalue weighted by atomic mass is 10.2. The molecule has 0 atom stereocenters. The molecule has 1 fully saturated rings. The Hall–Kier alpha value is -2.78. The Morgan fingerprint density at radius 2 is 1.78 bits per heavy atom. The van der Waals surface area contributed by atoms with Crippen molar-refractivity contribution < 1.29 is 14.3 Å². The summed E-state index contributed by atoms with van der Waals surface area (Å²) in [6.45, 7) is 2.47. The SMILES string of the molecule is COc1cc(/C=C2\SC(=Nc3ccc(C)cc3)NC2=O)ccc1OCc1ccc(I)cc1. The van der Waals surface area contributed by atoms with E-state index in [1.165, 1.54) is 15.3 Å². The highest BCUT2D eigenvalue weighted by molar-refractivity contribution is 14.1. The van der Waals surface area contributed by atoms with E-state index in [2.05, 4.69) is 32.9 Å². The van der Waals surface area contributed by atoms with Crippen LogP contribution in [-0.4, -0.2) is 18.2 Å². The van der Waals surface area contributed by atoms with Gasteiger partial charge in [-0.15, -0.1) is 0 Å². The van der Waals surface area contributed by atoms with Crippen LogP contribution in [0.25, 0.3) is 6.08 Å². The second kappa shape index (κ2) is 10.2. The molecule has 32 heavy (non-hydrogen) atoms. The predicted molar refractivity (Wildman–Crippen MR) is 138 cm³/mol. The Labute approximate surface area is 205 Å². The summed E-state index contributed by atoms with van der Waals surface area (Å²) in [4.78, 5) is 17.5. The normalized spacial score (nSPS) is 15.8. The zero-order valence-electron chi connectivity index (χ0n) is 17.6. The molecule has 1 heterocycles. The van der Waals surface area contributed by atoms with Crippen LogP contribution in [0.2, 0.25) is 0 Å². The summed E-state index contributed by atoms with van der Waals surface area (Å²) in [5.74, 6) is 1.10. The molecule has 1 aliphatic heterocycles. The predicted octanol–water partition coefficient (Wildman–Crippen LogP) is 6.08. The topological polar surface area (TPSA) is 59.9 Å². The van der Waals surface area contributed by atoms with E-state index in [4.69, 9.17) is 9.47 Å². The Kier molecular flexibility index (Phi) is 7.16. The largest absolute Gasteiger partial charge is 0.493 e. The number of carbonyl (C=O) groups excluding carboxylic acids is 1. The van der Waals surface area contributed by atoms with Crippen molar-refractivity contribution in [2.24, 2.45) is 4.99 Å². The molecule has 0 aliphatic carbocycles. The van der Waals surface area contributed by atoms with E-state index in [9.17, 15) is 4.79 Å². The van der Waals surface area contributed by atoms with Crippen LogP contribution < -0.4 is 14.8 Å². The molecule has 1 amide bonds. The molecule has 162 valence electrons. The Morgan fingerprint density at radius 1 is 1.03 bits per heavy atom. The minimum Gasteiger partial charge on any atom is -0.493 e. The monoisotopic (exact) mass is 556 g/mol. The van der Waals surface area contributed by atoms with Gasteiger partial charge in [0.15, 0.2) is 16.7 Å². The molecule has 1 aliphatic rings. The number of thioether (sulfide) groups is 1. The van der Waals surface area contributed by atoms with E-state index in [0.29, 0.717) is 28.2 Å². The van der Waals surface area contributed by atoms with Gasteiger partial charge in [0.1, 0.15) is 6.61 Å². The van der Waals surface area contributed by atoms with Crippen LogP contribution in [0, 0.1) is 10.5 Å². The van der Waals surface area contributed by atoms with E-state index in [0.717, 1.165) is 22.4 Å². The molecule has 5 nitrogen and oxygen atoms in total. The number of hydrogen-bond acceptors (Lipinski definition) is 5. The van der Waals surface area contributed by atoms with E-state index in [1.54, 1.807) is 7.11 Å². The van der Waals surface area contributed by atoms with Crippen molar-refractivity contribution in [2.75, 3.05) is 7.11 Å². The maximum atomic E-state index is 12.4. The third-order valence-corrected chi connectivity index (χ3v) is 6.34. The van der Waals surface area contributed by atoms with Gasteiger partial charge in [0.25, 0.3) is 5.91 Å². The third-order valence-electron chi connectivity index (χ3n) is 4.71. The number of methoxy groups -OCH3 is 1. The summed E-state index contributed by atoms with van der Waals surface area (Å²) in [7, 11) is 1.60. The maximum Gasteiger partial charge on any atom is 0.264 e. The van der Waals surface area contributed by atoms with Crippen LogP contribution in [-0.2, 0) is 11.4 Å². The molecule has 3 aromatic rings. The third kappa shape index (κ3) is 5.72. The number of hydrogen-bond donors (Lipinski definition) is 1. The van der Waals surface area contributed by atoms with Gasteiger partial charge in [-0.3, -0.25) is 4.79 Å². The number of amidine groups is 1. The van der Waals surface area contributed by atoms with Crippen LogP contribution >= 0.6 is 34.4 Å². The van der Waals surface area contributed by atoms with E-state index < -0.39 is 0 Å². The standard InChI is InChI=1S/C25H21IN2O3S/c1-16-3-10-20(11-4-16)27-25-28-24(29)23(32-25)14-18-7-12-21(22(13-18)30-2)31-15-17-5-8-19(26)9-6-17/h3-14H,15H2,1-2H3,(H,27,28,29)/b23-14-. The zero-order chi connectivity index (χ0) is 22.5. The molecule has 0 aromatic heterocycles. The highest BCUT2D eigenvalue weighted by atomic mass is 127. The molecule has 1 saturated heterocycles. The summed E-state index contributed by atoms with van der Waals surface area (Å²) in [5.41, 5.74) is 3.89. The van der Waals surface area contributed by atoms with E-state index >= 15 is 0 Å². The van der Waals surface area contributed by atoms with Crippen LogP contribution in [0.1, 0.15) is 16.7 Å². The first kappa shape index (κ1) is 22.4. The molecule has 0 radical (unpaired) electrons. The molecule has 1 N–H and O–H groups in total. The van der Waals surface area contributed by atoms with Crippen LogP contribution in [0.4, 0.5) is 5.69 Å². The summed E-state index contributed by atoms with van der Waals surface area (Å²) in [6, 6.07) is 21.6. The molecule has 7 heteroatoms. The minimum absolute atomic E-state index is 0.168. The Morgan fingerprint density at radius 3 is 2.50 bits per heavy atom. The zero-order valence-corrected chi connectivity index (χ0v) is 20.6. The maximum absolute atomic E-state index is 12.4. The summed E-state index contributed by atoms with van der Waals surface area (Å²) >= 11 is 3.59. The highest BCUT2D eigenvalue weighted by Gasteiger charge is 2.24. The summed E-state index contributed by atoms with van der Waals surface area (Å²) in [6.07, 6.45) is 1.82. The quantitative estimate of drug-likeness (QED) is 0.296. The van der Waals surface area contributed by atoms with Gasteiger partial charge >= 0.3 is 0 Å². The Bertz CT molecular complexity index is 1190. The van der Waals surface area contributed by atoms with Gasteiger partial charge in [-0.05, 0) is 94.9 Å². The number of aryl methyl sites for hydroxylation is 1. The number of nitrogens with one attached hydrogen (secondary N) is 1. The van der Waals surface area contributed by atoms with Crippen molar-refractivity contribution in [3.05, 3.63) is 91.9 Å². The van der Waals surface area contributed by atoms with Crippen molar-refractivity contribution in [2.45, 2.75) is 13.5 Å². The fourth-order valence-corrected chi connectivity index (χ4v) is 4.20. The van der Waals surface area contributed by atoms with Gasteiger partial charge in [0.2, 0.25) is 0 Å². The first-order valence-electron chi connectivity index (χ1n) is 9.92. The second-order valence-corrected chi connectivity index (χ2v) is 9.42. The molecular weight excluding hydrogens is 535 g/mol. The molecule has 0 bridgehead atoms. The second-order valence-electron chi connectivity index (χ2n) is 7.14. The van der Waals surface area contributed by atoms with E-state index in [1.807, 2.05) is 79.7 Å². The van der Waals surface area contributed by atoms with Gasteiger partial charge in [-0.2, -0.15) is 0 Å². The van der Waals surface area contributed by atoms with Crippen molar-refractivity contribution >= 4 is 57.2 Å². The lowest BCUT2D eigenvalue weighted by Gasteiger charge is -2.11. The lowest BCUT2D eigenvalue weighted by molar-refractivity contribution is -0.115.